The van der Waals surface area contributed by atoms with Crippen molar-refractivity contribution in [2.75, 3.05) is 5.88 Å². The summed E-state index contributed by atoms with van der Waals surface area (Å²) in [5.41, 5.74) is -1.30. The van der Waals surface area contributed by atoms with E-state index in [2.05, 4.69) is 0 Å². The summed E-state index contributed by atoms with van der Waals surface area (Å²) >= 11 is 5.63. The Morgan fingerprint density at radius 2 is 1.65 bits per heavy atom. The number of rotatable bonds is 3. The first-order valence-electron chi connectivity index (χ1n) is 8.59. The summed E-state index contributed by atoms with van der Waals surface area (Å²) < 4.78 is 11.8. The minimum absolute atomic E-state index is 0.109. The average molecular weight is 343 g/mol. The van der Waals surface area contributed by atoms with Gasteiger partial charge in [-0.1, -0.05) is 0 Å². The number of halogens is 1. The summed E-state index contributed by atoms with van der Waals surface area (Å²) in [5.74, 6) is 0.509. The molecular formula is C18H27ClO4. The van der Waals surface area contributed by atoms with E-state index in [1.807, 2.05) is 27.7 Å². The van der Waals surface area contributed by atoms with Gasteiger partial charge in [-0.05, 0) is 65.7 Å². The van der Waals surface area contributed by atoms with Crippen LogP contribution < -0.4 is 0 Å². The van der Waals surface area contributed by atoms with Gasteiger partial charge in [-0.25, -0.2) is 0 Å². The van der Waals surface area contributed by atoms with Crippen molar-refractivity contribution in [3.63, 3.8) is 0 Å². The molecule has 4 saturated carbocycles. The molecule has 0 heterocycles. The zero-order valence-corrected chi connectivity index (χ0v) is 15.2. The minimum atomic E-state index is -0.488. The third-order valence-electron chi connectivity index (χ3n) is 6.12. The minimum Gasteiger partial charge on any atom is -0.459 e. The molecule has 0 spiro atoms. The third-order valence-corrected chi connectivity index (χ3v) is 6.34. The second-order valence-corrected chi connectivity index (χ2v) is 9.22. The molecule has 0 aromatic heterocycles. The Kier molecular flexibility index (Phi) is 3.98. The molecule has 0 aromatic rings. The Bertz CT molecular complexity index is 506. The smallest absolute Gasteiger partial charge is 0.321 e. The fourth-order valence-electron chi connectivity index (χ4n) is 5.03. The van der Waals surface area contributed by atoms with Crippen molar-refractivity contribution in [3.8, 4) is 0 Å². The first-order chi connectivity index (χ1) is 10.6. The largest absolute Gasteiger partial charge is 0.459 e. The van der Waals surface area contributed by atoms with Crippen LogP contribution in [-0.4, -0.2) is 29.0 Å². The van der Waals surface area contributed by atoms with Crippen LogP contribution in [0.2, 0.25) is 0 Å². The Morgan fingerprint density at radius 3 is 2.13 bits per heavy atom. The first kappa shape index (κ1) is 17.1. The van der Waals surface area contributed by atoms with Gasteiger partial charge in [0, 0.05) is 11.8 Å². The Hall–Kier alpha value is -0.770. The topological polar surface area (TPSA) is 52.6 Å². The number of esters is 2. The van der Waals surface area contributed by atoms with E-state index in [0.29, 0.717) is 5.92 Å². The Balaban J connectivity index is 1.80. The predicted octanol–water partition coefficient (Wildman–Crippen LogP) is 3.70. The lowest BCUT2D eigenvalue weighted by Gasteiger charge is -2.62. The molecule has 5 heteroatoms. The fraction of sp³-hybridized carbons (Fsp3) is 0.889. The molecule has 4 aliphatic carbocycles. The van der Waals surface area contributed by atoms with Crippen molar-refractivity contribution in [2.45, 2.75) is 71.0 Å². The lowest BCUT2D eigenvalue weighted by Crippen LogP contribution is -2.65. The molecule has 4 nitrogen and oxygen atoms in total. The maximum absolute atomic E-state index is 12.4. The van der Waals surface area contributed by atoms with Gasteiger partial charge < -0.3 is 9.47 Å². The molecule has 4 rings (SSSR count). The van der Waals surface area contributed by atoms with E-state index < -0.39 is 11.0 Å². The van der Waals surface area contributed by atoms with Crippen molar-refractivity contribution >= 4 is 23.5 Å². The van der Waals surface area contributed by atoms with E-state index >= 15 is 0 Å². The standard InChI is InChI=1S/C18H27ClO4/c1-16(2,3)15(21)23-18-7-11-5-12(8-18)17(4,13(6-11)9-18)22-14(20)10-19/h11-13H,5-10H2,1-4H3. The van der Waals surface area contributed by atoms with E-state index in [1.54, 1.807) is 0 Å². The molecule has 2 unspecified atom stereocenters. The second-order valence-electron chi connectivity index (χ2n) is 8.96. The van der Waals surface area contributed by atoms with Gasteiger partial charge in [-0.2, -0.15) is 0 Å². The van der Waals surface area contributed by atoms with E-state index in [4.69, 9.17) is 21.1 Å². The molecule has 0 radical (unpaired) electrons. The van der Waals surface area contributed by atoms with Crippen LogP contribution in [0.5, 0.6) is 0 Å². The summed E-state index contributed by atoms with van der Waals surface area (Å²) in [6.07, 6.45) is 4.66. The van der Waals surface area contributed by atoms with Crippen molar-refractivity contribution in [2.24, 2.45) is 23.2 Å². The molecule has 0 aromatic carbocycles. The van der Waals surface area contributed by atoms with E-state index in [0.717, 1.165) is 32.1 Å². The molecule has 4 fully saturated rings. The fourth-order valence-corrected chi connectivity index (χ4v) is 5.08. The van der Waals surface area contributed by atoms with Gasteiger partial charge in [-0.15, -0.1) is 11.6 Å². The third kappa shape index (κ3) is 2.88. The quantitative estimate of drug-likeness (QED) is 0.579. The highest BCUT2D eigenvalue weighted by Gasteiger charge is 2.63. The summed E-state index contributed by atoms with van der Waals surface area (Å²) in [6, 6.07) is 0. The van der Waals surface area contributed by atoms with Gasteiger partial charge in [0.05, 0.1) is 5.41 Å². The zero-order valence-electron chi connectivity index (χ0n) is 14.5. The molecule has 23 heavy (non-hydrogen) atoms. The van der Waals surface area contributed by atoms with Crippen molar-refractivity contribution < 1.29 is 19.1 Å². The SMILES string of the molecule is CC(C)(C)C(=O)OC12CC3CC(C1)C(C)(OC(=O)CCl)C(C3)C2. The van der Waals surface area contributed by atoms with Gasteiger partial charge in [0.15, 0.2) is 0 Å². The molecule has 0 aliphatic heterocycles. The Morgan fingerprint density at radius 1 is 1.09 bits per heavy atom. The highest BCUT2D eigenvalue weighted by molar-refractivity contribution is 6.26. The highest BCUT2D eigenvalue weighted by Crippen LogP contribution is 2.62. The molecule has 0 saturated heterocycles. The van der Waals surface area contributed by atoms with Gasteiger partial charge >= 0.3 is 11.9 Å². The molecule has 130 valence electrons. The zero-order chi connectivity index (χ0) is 17.0. The van der Waals surface area contributed by atoms with Crippen molar-refractivity contribution in [1.82, 2.24) is 0 Å². The van der Waals surface area contributed by atoms with Crippen LogP contribution in [0, 0.1) is 23.2 Å². The van der Waals surface area contributed by atoms with Crippen molar-refractivity contribution in [1.29, 1.82) is 0 Å². The number of ether oxygens (including phenoxy) is 2. The lowest BCUT2D eigenvalue weighted by molar-refractivity contribution is -0.246. The number of alkyl halides is 1. The first-order valence-corrected chi connectivity index (χ1v) is 9.13. The van der Waals surface area contributed by atoms with Gasteiger partial charge in [0.2, 0.25) is 0 Å². The molecule has 2 atom stereocenters. The summed E-state index contributed by atoms with van der Waals surface area (Å²) in [5, 5.41) is 0. The van der Waals surface area contributed by atoms with Crippen LogP contribution in [0.15, 0.2) is 0 Å². The van der Waals surface area contributed by atoms with Gasteiger partial charge in [0.1, 0.15) is 17.1 Å². The van der Waals surface area contributed by atoms with Crippen LogP contribution in [0.4, 0.5) is 0 Å². The highest BCUT2D eigenvalue weighted by atomic mass is 35.5. The van der Waals surface area contributed by atoms with Crippen LogP contribution in [0.25, 0.3) is 0 Å². The maximum Gasteiger partial charge on any atom is 0.321 e. The van der Waals surface area contributed by atoms with Gasteiger partial charge in [0.25, 0.3) is 0 Å². The lowest BCUT2D eigenvalue weighted by atomic mass is 9.48. The number of carbonyl (C=O) groups excluding carboxylic acids is 2. The van der Waals surface area contributed by atoms with Crippen LogP contribution >= 0.6 is 11.6 Å². The molecule has 4 aliphatic rings. The van der Waals surface area contributed by atoms with E-state index in [9.17, 15) is 9.59 Å². The van der Waals surface area contributed by atoms with Gasteiger partial charge in [-0.3, -0.25) is 9.59 Å². The monoisotopic (exact) mass is 342 g/mol. The van der Waals surface area contributed by atoms with E-state index in [1.165, 1.54) is 0 Å². The van der Waals surface area contributed by atoms with Crippen LogP contribution in [-0.2, 0) is 19.1 Å². The van der Waals surface area contributed by atoms with Crippen molar-refractivity contribution in [3.05, 3.63) is 0 Å². The molecule has 0 amide bonds. The summed E-state index contributed by atoms with van der Waals surface area (Å²) in [4.78, 5) is 24.2. The summed E-state index contributed by atoms with van der Waals surface area (Å²) in [6.45, 7) is 7.72. The maximum atomic E-state index is 12.4. The average Bonchev–Trinajstić information content (AvgIpc) is 2.42. The molecular weight excluding hydrogens is 316 g/mol. The molecule has 4 bridgehead atoms. The number of hydrogen-bond donors (Lipinski definition) is 0. The van der Waals surface area contributed by atoms with Crippen LogP contribution in [0.3, 0.4) is 0 Å². The number of hydrogen-bond acceptors (Lipinski definition) is 4. The molecule has 0 N–H and O–H groups in total. The van der Waals surface area contributed by atoms with E-state index in [-0.39, 0.29) is 35.3 Å². The summed E-state index contributed by atoms with van der Waals surface area (Å²) in [7, 11) is 0. The predicted molar refractivity (Wildman–Crippen MR) is 87.1 cm³/mol. The second kappa shape index (κ2) is 5.37. The Labute approximate surface area is 143 Å². The van der Waals surface area contributed by atoms with Crippen LogP contribution in [0.1, 0.15) is 59.8 Å². The number of carbonyl (C=O) groups is 2. The normalized spacial score (nSPS) is 41.7.